The highest BCUT2D eigenvalue weighted by Gasteiger charge is 2.76. The van der Waals surface area contributed by atoms with Gasteiger partial charge in [0.15, 0.2) is 0 Å². The number of halogens is 8. The quantitative estimate of drug-likeness (QED) is 0.173. The van der Waals surface area contributed by atoms with Crippen LogP contribution in [0.4, 0.5) is 18.9 Å². The molecule has 37 heavy (non-hydrogen) atoms. The van der Waals surface area contributed by atoms with Crippen molar-refractivity contribution in [2.24, 2.45) is 5.41 Å². The molecule has 1 aliphatic carbocycles. The van der Waals surface area contributed by atoms with Crippen LogP contribution in [0, 0.1) is 5.41 Å². The first-order chi connectivity index (χ1) is 17.2. The molecule has 14 heteroatoms. The van der Waals surface area contributed by atoms with Gasteiger partial charge in [-0.2, -0.15) is 13.2 Å². The summed E-state index contributed by atoms with van der Waals surface area (Å²) < 4.78 is 35.1. The Balaban J connectivity index is 1.63. The third-order valence-corrected chi connectivity index (χ3v) is 7.73. The van der Waals surface area contributed by atoms with Crippen LogP contribution in [0.15, 0.2) is 36.4 Å². The van der Waals surface area contributed by atoms with E-state index in [1.165, 1.54) is 12.1 Å². The van der Waals surface area contributed by atoms with Crippen LogP contribution >= 0.6 is 58.0 Å². The smallest absolute Gasteiger partial charge is 0.384 e. The monoisotopic (exact) mass is 617 g/mol. The van der Waals surface area contributed by atoms with E-state index >= 15 is 0 Å². The van der Waals surface area contributed by atoms with E-state index in [2.05, 4.69) is 10.6 Å². The highest BCUT2D eigenvalue weighted by atomic mass is 35.5. The van der Waals surface area contributed by atoms with Crippen molar-refractivity contribution in [1.82, 2.24) is 10.6 Å². The van der Waals surface area contributed by atoms with Crippen LogP contribution in [0.3, 0.4) is 0 Å². The van der Waals surface area contributed by atoms with Gasteiger partial charge in [-0.15, -0.1) is 0 Å². The summed E-state index contributed by atoms with van der Waals surface area (Å²) >= 11 is 31.3. The van der Waals surface area contributed by atoms with Crippen molar-refractivity contribution < 1.29 is 27.6 Å². The average molecular weight is 620 g/mol. The molecule has 0 aromatic heterocycles. The van der Waals surface area contributed by atoms with Gasteiger partial charge >= 0.3 is 12.1 Å². The maximum Gasteiger partial charge on any atom is 0.471 e. The number of amides is 2. The number of anilines is 1. The lowest BCUT2D eigenvalue weighted by molar-refractivity contribution is -0.173. The lowest BCUT2D eigenvalue weighted by Crippen LogP contribution is -2.38. The highest BCUT2D eigenvalue weighted by molar-refractivity contribution is 6.54. The number of alkyl halides is 5. The number of carbonyl (C=O) groups is 3. The number of nitrogens with one attached hydrogen (secondary N) is 3. The first-order valence-corrected chi connectivity index (χ1v) is 12.6. The summed E-state index contributed by atoms with van der Waals surface area (Å²) in [6.45, 7) is -0.274. The molecular formula is C23H19Cl5F3N3O3. The zero-order valence-corrected chi connectivity index (χ0v) is 22.5. The van der Waals surface area contributed by atoms with Crippen LogP contribution in [0.25, 0.3) is 0 Å². The number of hydrogen-bond acceptors (Lipinski definition) is 4. The van der Waals surface area contributed by atoms with Gasteiger partial charge in [0.1, 0.15) is 10.6 Å². The summed E-state index contributed by atoms with van der Waals surface area (Å²) in [5.74, 6) is -3.23. The molecule has 2 aromatic carbocycles. The van der Waals surface area contributed by atoms with E-state index in [0.29, 0.717) is 27.6 Å². The van der Waals surface area contributed by atoms with Crippen molar-refractivity contribution in [2.45, 2.75) is 22.8 Å². The Labute approximate surface area is 235 Å². The fraction of sp³-hybridized carbons (Fsp3) is 0.348. The van der Waals surface area contributed by atoms with Crippen LogP contribution in [0.2, 0.25) is 15.1 Å². The Kier molecular flexibility index (Phi) is 9.18. The van der Waals surface area contributed by atoms with Crippen molar-refractivity contribution in [3.05, 3.63) is 62.6 Å². The van der Waals surface area contributed by atoms with Crippen molar-refractivity contribution >= 4 is 81.8 Å². The highest BCUT2D eigenvalue weighted by Crippen LogP contribution is 2.73. The first-order valence-electron chi connectivity index (χ1n) is 10.7. The summed E-state index contributed by atoms with van der Waals surface area (Å²) in [5.41, 5.74) is -0.0956. The number of rotatable bonds is 10. The van der Waals surface area contributed by atoms with Gasteiger partial charge in [-0.3, -0.25) is 9.59 Å². The molecule has 0 radical (unpaired) electrons. The van der Waals surface area contributed by atoms with Crippen LogP contribution < -0.4 is 16.0 Å². The van der Waals surface area contributed by atoms with Crippen molar-refractivity contribution in [3.8, 4) is 0 Å². The molecule has 1 saturated carbocycles. The number of aldehydes is 1. The SMILES string of the molecule is O=CC1(CNc2ccc(Cl)c(C(=O)NCCCNC(=O)C(F)(F)F)c2)C(c2cc(Cl)cc(Cl)c2)C1(Cl)Cl. The molecule has 6 nitrogen and oxygen atoms in total. The lowest BCUT2D eigenvalue weighted by Gasteiger charge is -2.15. The third kappa shape index (κ3) is 6.57. The van der Waals surface area contributed by atoms with Gasteiger partial charge in [0.25, 0.3) is 5.91 Å². The average Bonchev–Trinajstić information content (AvgIpc) is 3.31. The zero-order chi connectivity index (χ0) is 27.6. The van der Waals surface area contributed by atoms with Crippen LogP contribution in [-0.2, 0) is 9.59 Å². The zero-order valence-electron chi connectivity index (χ0n) is 18.7. The van der Waals surface area contributed by atoms with E-state index < -0.39 is 33.7 Å². The normalized spacial score (nSPS) is 20.2. The Bertz CT molecular complexity index is 1190. The molecule has 2 atom stereocenters. The fourth-order valence-electron chi connectivity index (χ4n) is 3.88. The molecule has 2 unspecified atom stereocenters. The van der Waals surface area contributed by atoms with Crippen LogP contribution in [0.1, 0.15) is 28.3 Å². The number of benzene rings is 2. The number of carbonyl (C=O) groups excluding carboxylic acids is 3. The summed E-state index contributed by atoms with van der Waals surface area (Å²) in [6, 6.07) is 9.29. The third-order valence-electron chi connectivity index (χ3n) is 5.82. The van der Waals surface area contributed by atoms with E-state index in [1.807, 2.05) is 0 Å². The largest absolute Gasteiger partial charge is 0.471 e. The molecule has 0 saturated heterocycles. The van der Waals surface area contributed by atoms with Crippen molar-refractivity contribution in [3.63, 3.8) is 0 Å². The number of hydrogen-bond donors (Lipinski definition) is 3. The predicted octanol–water partition coefficient (Wildman–Crippen LogP) is 6.01. The van der Waals surface area contributed by atoms with Crippen molar-refractivity contribution in [2.75, 3.05) is 25.0 Å². The van der Waals surface area contributed by atoms with Crippen molar-refractivity contribution in [1.29, 1.82) is 0 Å². The Morgan fingerprint density at radius 2 is 1.59 bits per heavy atom. The molecule has 3 rings (SSSR count). The Morgan fingerprint density at radius 3 is 2.19 bits per heavy atom. The van der Waals surface area contributed by atoms with Gasteiger partial charge in [0.05, 0.1) is 16.0 Å². The van der Waals surface area contributed by atoms with Gasteiger partial charge in [-0.05, 0) is 48.4 Å². The topological polar surface area (TPSA) is 87.3 Å². The first kappa shape index (κ1) is 29.6. The van der Waals surface area contributed by atoms with Gasteiger partial charge < -0.3 is 20.7 Å². The fourth-order valence-corrected chi connectivity index (χ4v) is 5.60. The maximum atomic E-state index is 12.5. The molecular weight excluding hydrogens is 601 g/mol. The minimum Gasteiger partial charge on any atom is -0.384 e. The summed E-state index contributed by atoms with van der Waals surface area (Å²) in [4.78, 5) is 35.5. The van der Waals surface area contributed by atoms with E-state index in [0.717, 1.165) is 0 Å². The molecule has 2 amide bonds. The van der Waals surface area contributed by atoms with Crippen LogP contribution in [0.5, 0.6) is 0 Å². The second kappa shape index (κ2) is 11.5. The van der Waals surface area contributed by atoms with E-state index in [4.69, 9.17) is 58.0 Å². The summed E-state index contributed by atoms with van der Waals surface area (Å²) in [6.07, 6.45) is -4.24. The Morgan fingerprint density at radius 1 is 0.973 bits per heavy atom. The molecule has 0 heterocycles. The van der Waals surface area contributed by atoms with Gasteiger partial charge in [0.2, 0.25) is 0 Å². The standard InChI is InChI=1S/C23H19Cl5F3N3O3/c24-13-6-12(7-14(25)8-13)18-21(11-35,22(18,27)28)10-34-15-2-3-17(26)16(9-15)19(36)32-4-1-5-33-20(37)23(29,30)31/h2-3,6-9,11,18,34H,1,4-5,10H2,(H,32,36)(H,33,37). The second-order valence-electron chi connectivity index (χ2n) is 8.33. The van der Waals surface area contributed by atoms with Gasteiger partial charge in [-0.1, -0.05) is 58.0 Å². The molecule has 0 spiro atoms. The van der Waals surface area contributed by atoms with Gasteiger partial charge in [0, 0.05) is 41.3 Å². The molecule has 3 N–H and O–H groups in total. The van der Waals surface area contributed by atoms with E-state index in [9.17, 15) is 27.6 Å². The van der Waals surface area contributed by atoms with Gasteiger partial charge in [-0.25, -0.2) is 0 Å². The predicted molar refractivity (Wildman–Crippen MR) is 138 cm³/mol. The molecule has 1 aliphatic rings. The molecule has 0 bridgehead atoms. The molecule has 200 valence electrons. The maximum absolute atomic E-state index is 12.5. The molecule has 2 aromatic rings. The summed E-state index contributed by atoms with van der Waals surface area (Å²) in [7, 11) is 0. The summed E-state index contributed by atoms with van der Waals surface area (Å²) in [5, 5.41) is 8.13. The minimum absolute atomic E-state index is 0.00982. The Hall–Kier alpha value is -1.91. The second-order valence-corrected chi connectivity index (χ2v) is 11.0. The molecule has 1 fully saturated rings. The minimum atomic E-state index is -4.97. The van der Waals surface area contributed by atoms with Crippen LogP contribution in [-0.4, -0.2) is 48.2 Å². The lowest BCUT2D eigenvalue weighted by atomic mass is 10.00. The van der Waals surface area contributed by atoms with E-state index in [-0.39, 0.29) is 36.6 Å². The van der Waals surface area contributed by atoms with E-state index in [1.54, 1.807) is 29.6 Å². The molecule has 0 aliphatic heterocycles.